The molecule has 0 radical (unpaired) electrons. The smallest absolute Gasteiger partial charge is 0.437 e. The number of hydrogen-bond donors (Lipinski definition) is 1. The zero-order valence-electron chi connectivity index (χ0n) is 32.2. The first kappa shape index (κ1) is 43.0. The highest BCUT2D eigenvalue weighted by Gasteiger charge is 2.28. The molecule has 0 atom stereocenters. The largest absolute Gasteiger partial charge is 0.459 e. The van der Waals surface area contributed by atoms with Gasteiger partial charge in [0.15, 0.2) is 0 Å². The predicted molar refractivity (Wildman–Crippen MR) is 206 cm³/mol. The third-order valence-corrected chi connectivity index (χ3v) is 7.30. The number of rotatable bonds is 10. The fraction of sp³-hybridized carbons (Fsp3) is 0.400. The monoisotopic (exact) mass is 764 g/mol. The lowest BCUT2D eigenvalue weighted by Crippen LogP contribution is -2.45. The van der Waals surface area contributed by atoms with E-state index in [0.29, 0.717) is 12.0 Å². The summed E-state index contributed by atoms with van der Waals surface area (Å²) in [7, 11) is 0. The second-order valence-electron chi connectivity index (χ2n) is 15.3. The summed E-state index contributed by atoms with van der Waals surface area (Å²) >= 11 is 6.55. The van der Waals surface area contributed by atoms with Crippen molar-refractivity contribution < 1.29 is 42.9 Å². The van der Waals surface area contributed by atoms with Gasteiger partial charge in [0, 0.05) is 11.6 Å². The topological polar surface area (TPSA) is 167 Å². The van der Waals surface area contributed by atoms with Gasteiger partial charge in [-0.15, -0.1) is 4.99 Å². The van der Waals surface area contributed by atoms with E-state index in [0.717, 1.165) is 10.5 Å². The highest BCUT2D eigenvalue weighted by Crippen LogP contribution is 2.26. The minimum atomic E-state index is -1.01. The van der Waals surface area contributed by atoms with Crippen LogP contribution in [-0.4, -0.2) is 70.8 Å². The van der Waals surface area contributed by atoms with Crippen molar-refractivity contribution in [1.82, 2.24) is 4.90 Å². The molecule has 3 aromatic carbocycles. The highest BCUT2D eigenvalue weighted by molar-refractivity contribution is 6.31. The molecule has 290 valence electrons. The Labute approximate surface area is 321 Å². The molecular formula is C40H49ClN4O9. The normalized spacial score (nSPS) is 12.0. The molecule has 0 saturated heterocycles. The Kier molecular flexibility index (Phi) is 14.4. The molecule has 0 aliphatic heterocycles. The average molecular weight is 765 g/mol. The molecular weight excluding hydrogens is 716 g/mol. The Hall–Kier alpha value is -5.43. The van der Waals surface area contributed by atoms with Gasteiger partial charge in [0.2, 0.25) is 11.9 Å². The van der Waals surface area contributed by atoms with E-state index in [1.54, 1.807) is 68.4 Å². The molecule has 3 aromatic rings. The minimum Gasteiger partial charge on any atom is -0.459 e. The molecule has 0 spiro atoms. The van der Waals surface area contributed by atoms with Gasteiger partial charge in [-0.05, 0) is 116 Å². The Bertz CT molecular complexity index is 1840. The van der Waals surface area contributed by atoms with E-state index in [-0.39, 0.29) is 47.4 Å². The molecule has 3 rings (SSSR count). The van der Waals surface area contributed by atoms with Crippen molar-refractivity contribution in [3.8, 4) is 5.75 Å². The van der Waals surface area contributed by atoms with Crippen molar-refractivity contribution in [2.24, 2.45) is 10.7 Å². The van der Waals surface area contributed by atoms with Crippen molar-refractivity contribution in [2.45, 2.75) is 92.0 Å². The number of nitrogens with zero attached hydrogens (tertiary/aromatic N) is 3. The van der Waals surface area contributed by atoms with Crippen LogP contribution in [0.5, 0.6) is 5.75 Å². The summed E-state index contributed by atoms with van der Waals surface area (Å²) < 4.78 is 21.7. The second-order valence-corrected chi connectivity index (χ2v) is 15.7. The van der Waals surface area contributed by atoms with E-state index in [9.17, 15) is 24.0 Å². The molecule has 0 aliphatic rings. The van der Waals surface area contributed by atoms with Crippen LogP contribution in [0.2, 0.25) is 5.02 Å². The first-order valence-electron chi connectivity index (χ1n) is 17.2. The number of ether oxygens (including phenoxy) is 4. The summed E-state index contributed by atoms with van der Waals surface area (Å²) in [5, 5.41) is 0.178. The number of carbonyl (C=O) groups excluding carboxylic acids is 5. The molecule has 0 heterocycles. The maximum Gasteiger partial charge on any atom is 0.437 e. The maximum absolute atomic E-state index is 13.5. The molecule has 0 aliphatic carbocycles. The fourth-order valence-electron chi connectivity index (χ4n) is 4.72. The number of hydrogen-bond acceptors (Lipinski definition) is 9. The van der Waals surface area contributed by atoms with Gasteiger partial charge in [-0.25, -0.2) is 19.3 Å². The molecule has 0 bridgehead atoms. The summed E-state index contributed by atoms with van der Waals surface area (Å²) in [5.41, 5.74) is 5.33. The SMILES string of the molecule is CC(C)(C)OC(=O)CN(CCc1ccccc1)C(=O)Cc1ccc(OC(=O)c2ccc(N(C(=O)OC(C)(C)C)C(N)=NC(=O)OC(C)(C)C)cc2)cc1Cl. The van der Waals surface area contributed by atoms with Crippen LogP contribution in [0.3, 0.4) is 0 Å². The first-order chi connectivity index (χ1) is 25.0. The van der Waals surface area contributed by atoms with Gasteiger partial charge < -0.3 is 29.6 Å². The molecule has 0 fully saturated rings. The summed E-state index contributed by atoms with van der Waals surface area (Å²) in [4.78, 5) is 70.7. The average Bonchev–Trinajstić information content (AvgIpc) is 3.02. The molecule has 13 nitrogen and oxygen atoms in total. The predicted octanol–water partition coefficient (Wildman–Crippen LogP) is 7.51. The Balaban J connectivity index is 1.75. The highest BCUT2D eigenvalue weighted by atomic mass is 35.5. The van der Waals surface area contributed by atoms with Crippen molar-refractivity contribution in [3.05, 3.63) is 94.5 Å². The van der Waals surface area contributed by atoms with E-state index in [1.807, 2.05) is 30.3 Å². The molecule has 14 heteroatoms. The number of nitrogens with two attached hydrogens (primary N) is 1. The Morgan fingerprint density at radius 1 is 0.759 bits per heavy atom. The summed E-state index contributed by atoms with van der Waals surface area (Å²) in [5.74, 6) is -2.00. The van der Waals surface area contributed by atoms with Crippen molar-refractivity contribution in [1.29, 1.82) is 0 Å². The van der Waals surface area contributed by atoms with Crippen LogP contribution in [0.4, 0.5) is 15.3 Å². The lowest BCUT2D eigenvalue weighted by atomic mass is 10.1. The zero-order valence-corrected chi connectivity index (χ0v) is 33.0. The summed E-state index contributed by atoms with van der Waals surface area (Å²) in [6.07, 6.45) is -1.50. The van der Waals surface area contributed by atoms with Crippen molar-refractivity contribution >= 4 is 53.3 Å². The number of esters is 2. The third kappa shape index (κ3) is 14.5. The van der Waals surface area contributed by atoms with Crippen molar-refractivity contribution in [3.63, 3.8) is 0 Å². The van der Waals surface area contributed by atoms with Gasteiger partial charge in [0.25, 0.3) is 0 Å². The number of carbonyl (C=O) groups is 5. The number of anilines is 1. The van der Waals surface area contributed by atoms with Crippen LogP contribution in [-0.2, 0) is 36.6 Å². The molecule has 0 aromatic heterocycles. The molecule has 54 heavy (non-hydrogen) atoms. The van der Waals surface area contributed by atoms with Crippen LogP contribution in [0.1, 0.15) is 83.8 Å². The van der Waals surface area contributed by atoms with Crippen molar-refractivity contribution in [2.75, 3.05) is 18.0 Å². The Morgan fingerprint density at radius 2 is 1.35 bits per heavy atom. The second kappa shape index (κ2) is 18.1. The van der Waals surface area contributed by atoms with Crippen LogP contribution in [0, 0.1) is 0 Å². The van der Waals surface area contributed by atoms with E-state index in [2.05, 4.69) is 4.99 Å². The van der Waals surface area contributed by atoms with Crippen LogP contribution in [0.25, 0.3) is 0 Å². The van der Waals surface area contributed by atoms with Gasteiger partial charge in [-0.1, -0.05) is 48.0 Å². The standard InChI is InChI=1S/C40H49ClN4O9/c1-38(2,3)52-33(47)25-44(22-21-26-13-11-10-12-14-26)32(46)23-28-17-20-30(24-31(28)41)51-34(48)27-15-18-29(19-16-27)45(37(50)54-40(7,8)9)35(42)43-36(49)53-39(4,5)6/h10-20,24H,21-23,25H2,1-9H3,(H2,42,43,49). The molecule has 0 saturated carbocycles. The fourth-order valence-corrected chi connectivity index (χ4v) is 4.96. The third-order valence-electron chi connectivity index (χ3n) is 6.95. The summed E-state index contributed by atoms with van der Waals surface area (Å²) in [6, 6.07) is 19.7. The van der Waals surface area contributed by atoms with Crippen LogP contribution < -0.4 is 15.4 Å². The number of aliphatic imine (C=N–C) groups is 1. The zero-order chi connectivity index (χ0) is 40.4. The first-order valence-corrected chi connectivity index (χ1v) is 17.6. The maximum atomic E-state index is 13.5. The molecule has 2 N–H and O–H groups in total. The van der Waals surface area contributed by atoms with E-state index in [4.69, 9.17) is 36.3 Å². The van der Waals surface area contributed by atoms with Crippen LogP contribution >= 0.6 is 11.6 Å². The quantitative estimate of drug-likeness (QED) is 0.0718. The number of halogens is 1. The van der Waals surface area contributed by atoms with E-state index in [1.165, 1.54) is 41.3 Å². The summed E-state index contributed by atoms with van der Waals surface area (Å²) in [6.45, 7) is 15.3. The van der Waals surface area contributed by atoms with Gasteiger partial charge in [0.1, 0.15) is 29.1 Å². The molecule has 0 unspecified atom stereocenters. The van der Waals surface area contributed by atoms with E-state index < -0.39 is 46.9 Å². The number of benzene rings is 3. The number of guanidine groups is 1. The van der Waals surface area contributed by atoms with Gasteiger partial charge in [-0.2, -0.15) is 0 Å². The van der Waals surface area contributed by atoms with E-state index >= 15 is 0 Å². The van der Waals surface area contributed by atoms with Gasteiger partial charge in [0.05, 0.1) is 17.7 Å². The minimum absolute atomic E-state index is 0.108. The lowest BCUT2D eigenvalue weighted by Gasteiger charge is -2.27. The van der Waals surface area contributed by atoms with Gasteiger partial charge in [-0.3, -0.25) is 9.59 Å². The van der Waals surface area contributed by atoms with Gasteiger partial charge >= 0.3 is 24.1 Å². The Morgan fingerprint density at radius 3 is 1.91 bits per heavy atom. The van der Waals surface area contributed by atoms with Crippen LogP contribution in [0.15, 0.2) is 77.8 Å². The molecule has 3 amide bonds. The lowest BCUT2D eigenvalue weighted by molar-refractivity contribution is -0.158. The number of amides is 3.